The van der Waals surface area contributed by atoms with E-state index in [-0.39, 0.29) is 16.5 Å². The number of aldehydes is 1. The molecule has 0 saturated carbocycles. The highest BCUT2D eigenvalue weighted by Gasteiger charge is 2.17. The van der Waals surface area contributed by atoms with Gasteiger partial charge in [-0.3, -0.25) is 9.59 Å². The Morgan fingerprint density at radius 3 is 2.62 bits per heavy atom. The highest BCUT2D eigenvalue weighted by Crippen LogP contribution is 2.26. The minimum atomic E-state index is -2.80. The predicted octanol–water partition coefficient (Wildman–Crippen LogP) is 1.89. The van der Waals surface area contributed by atoms with Crippen molar-refractivity contribution in [3.8, 4) is 0 Å². The van der Waals surface area contributed by atoms with Crippen LogP contribution in [0.3, 0.4) is 0 Å². The summed E-state index contributed by atoms with van der Waals surface area (Å²) in [5.41, 5.74) is -1.39. The molecule has 0 bridgehead atoms. The Bertz CT molecular complexity index is 389. The van der Waals surface area contributed by atoms with Gasteiger partial charge in [0.25, 0.3) is 6.43 Å². The molecule has 0 fully saturated rings. The number of hydrogen-bond acceptors (Lipinski definition) is 2. The molecule has 13 heavy (non-hydrogen) atoms. The fourth-order valence-electron chi connectivity index (χ4n) is 0.877. The van der Waals surface area contributed by atoms with Gasteiger partial charge in [-0.1, -0.05) is 0 Å². The van der Waals surface area contributed by atoms with Crippen molar-refractivity contribution >= 4 is 22.2 Å². The van der Waals surface area contributed by atoms with E-state index in [4.69, 9.17) is 0 Å². The molecular weight excluding hydrogens is 248 g/mol. The Hall–Kier alpha value is -1.04. The lowest BCUT2D eigenvalue weighted by atomic mass is 10.2. The van der Waals surface area contributed by atoms with Crippen LogP contribution in [0.25, 0.3) is 0 Å². The smallest absolute Gasteiger partial charge is 0.267 e. The Morgan fingerprint density at radius 1 is 1.54 bits per heavy atom. The zero-order valence-electron chi connectivity index (χ0n) is 6.18. The average Bonchev–Trinajstić information content (AvgIpc) is 2.01. The number of pyridine rings is 1. The van der Waals surface area contributed by atoms with E-state index in [0.717, 1.165) is 6.07 Å². The van der Waals surface area contributed by atoms with E-state index in [9.17, 15) is 18.4 Å². The molecule has 3 nitrogen and oxygen atoms in total. The number of rotatable bonds is 2. The van der Waals surface area contributed by atoms with Crippen LogP contribution in [-0.2, 0) is 0 Å². The molecule has 1 aromatic heterocycles. The van der Waals surface area contributed by atoms with Crippen LogP contribution in [-0.4, -0.2) is 11.3 Å². The molecule has 1 N–H and O–H groups in total. The van der Waals surface area contributed by atoms with Gasteiger partial charge in [0, 0.05) is 11.6 Å². The molecule has 0 radical (unpaired) electrons. The van der Waals surface area contributed by atoms with Gasteiger partial charge in [0.15, 0.2) is 6.29 Å². The number of H-pyrrole nitrogens is 1. The summed E-state index contributed by atoms with van der Waals surface area (Å²) < 4.78 is 24.4. The Balaban J connectivity index is 3.47. The van der Waals surface area contributed by atoms with E-state index < -0.39 is 17.5 Å². The molecule has 0 aromatic carbocycles. The third kappa shape index (κ3) is 2.00. The summed E-state index contributed by atoms with van der Waals surface area (Å²) in [4.78, 5) is 23.2. The molecule has 0 amide bonds. The van der Waals surface area contributed by atoms with Gasteiger partial charge in [-0.25, -0.2) is 8.78 Å². The van der Waals surface area contributed by atoms with Crippen molar-refractivity contribution in [3.05, 3.63) is 32.2 Å². The fraction of sp³-hybridized carbons (Fsp3) is 0.143. The van der Waals surface area contributed by atoms with Crippen LogP contribution in [0.4, 0.5) is 8.78 Å². The van der Waals surface area contributed by atoms with Crippen molar-refractivity contribution < 1.29 is 13.6 Å². The van der Waals surface area contributed by atoms with Crippen LogP contribution in [0, 0.1) is 0 Å². The van der Waals surface area contributed by atoms with Gasteiger partial charge < -0.3 is 4.98 Å². The quantitative estimate of drug-likeness (QED) is 0.645. The molecule has 1 rings (SSSR count). The van der Waals surface area contributed by atoms with E-state index in [2.05, 4.69) is 20.9 Å². The van der Waals surface area contributed by atoms with Gasteiger partial charge in [-0.15, -0.1) is 0 Å². The first kappa shape index (κ1) is 10.0. The summed E-state index contributed by atoms with van der Waals surface area (Å²) >= 11 is 2.74. The van der Waals surface area contributed by atoms with Crippen LogP contribution >= 0.6 is 15.9 Å². The normalized spacial score (nSPS) is 10.5. The lowest BCUT2D eigenvalue weighted by Crippen LogP contribution is -2.10. The summed E-state index contributed by atoms with van der Waals surface area (Å²) in [6.45, 7) is 0. The second-order valence-electron chi connectivity index (χ2n) is 2.24. The van der Waals surface area contributed by atoms with Crippen molar-refractivity contribution in [2.45, 2.75) is 6.43 Å². The molecule has 0 spiro atoms. The minimum absolute atomic E-state index is 0.155. The second kappa shape index (κ2) is 3.78. The Labute approximate surface area is 79.9 Å². The number of halogens is 3. The number of hydrogen-bond donors (Lipinski definition) is 1. The van der Waals surface area contributed by atoms with Gasteiger partial charge in [-0.05, 0) is 15.9 Å². The standard InChI is InChI=1S/C7H4BrF2NO2/c8-6-5(7(9)10)3(2-12)1-4(13)11-6/h1-2,7H,(H,11,13). The molecule has 0 saturated heterocycles. The number of alkyl halides is 2. The second-order valence-corrected chi connectivity index (χ2v) is 3.03. The molecule has 0 aliphatic heterocycles. The van der Waals surface area contributed by atoms with Crippen LogP contribution in [0.15, 0.2) is 15.5 Å². The lowest BCUT2D eigenvalue weighted by molar-refractivity contribution is 0.110. The zero-order valence-corrected chi connectivity index (χ0v) is 7.77. The first-order valence-corrected chi connectivity index (χ1v) is 4.01. The summed E-state index contributed by atoms with van der Waals surface area (Å²) in [5.74, 6) is 0. The first-order chi connectivity index (χ1) is 6.06. The number of carbonyl (C=O) groups excluding carboxylic acids is 1. The monoisotopic (exact) mass is 251 g/mol. The minimum Gasteiger partial charge on any atom is -0.316 e. The van der Waals surface area contributed by atoms with Gasteiger partial charge in [0.05, 0.1) is 10.2 Å². The van der Waals surface area contributed by atoms with Crippen molar-refractivity contribution in [1.29, 1.82) is 0 Å². The predicted molar refractivity (Wildman–Crippen MR) is 45.1 cm³/mol. The van der Waals surface area contributed by atoms with E-state index in [0.29, 0.717) is 0 Å². The molecule has 1 heterocycles. The van der Waals surface area contributed by atoms with Crippen molar-refractivity contribution in [3.63, 3.8) is 0 Å². The number of aromatic nitrogens is 1. The molecular formula is C7H4BrF2NO2. The van der Waals surface area contributed by atoms with Gasteiger partial charge in [-0.2, -0.15) is 0 Å². The lowest BCUT2D eigenvalue weighted by Gasteiger charge is -2.04. The summed E-state index contributed by atoms with van der Waals surface area (Å²) in [7, 11) is 0. The zero-order chi connectivity index (χ0) is 10.0. The molecule has 0 aliphatic carbocycles. The molecule has 1 aromatic rings. The first-order valence-electron chi connectivity index (χ1n) is 3.22. The summed E-state index contributed by atoms with van der Waals surface area (Å²) in [6, 6.07) is 0.833. The third-order valence-corrected chi connectivity index (χ3v) is 2.04. The maximum Gasteiger partial charge on any atom is 0.267 e. The molecule has 70 valence electrons. The average molecular weight is 252 g/mol. The van der Waals surface area contributed by atoms with Gasteiger partial charge >= 0.3 is 0 Å². The molecule has 6 heteroatoms. The number of nitrogens with one attached hydrogen (secondary N) is 1. The maximum atomic E-state index is 12.3. The topological polar surface area (TPSA) is 49.9 Å². The van der Waals surface area contributed by atoms with Crippen LogP contribution in [0.1, 0.15) is 22.3 Å². The number of aromatic amines is 1. The SMILES string of the molecule is O=Cc1cc(=O)[nH]c(Br)c1C(F)F. The van der Waals surface area contributed by atoms with E-state index in [1.165, 1.54) is 0 Å². The molecule has 0 unspecified atom stereocenters. The van der Waals surface area contributed by atoms with E-state index in [1.807, 2.05) is 0 Å². The highest BCUT2D eigenvalue weighted by atomic mass is 79.9. The van der Waals surface area contributed by atoms with Crippen LogP contribution in [0.2, 0.25) is 0 Å². The molecule has 0 atom stereocenters. The number of carbonyl (C=O) groups is 1. The van der Waals surface area contributed by atoms with E-state index >= 15 is 0 Å². The van der Waals surface area contributed by atoms with Crippen molar-refractivity contribution in [1.82, 2.24) is 4.98 Å². The van der Waals surface area contributed by atoms with Gasteiger partial charge in [0.2, 0.25) is 5.56 Å². The van der Waals surface area contributed by atoms with E-state index in [1.54, 1.807) is 0 Å². The third-order valence-electron chi connectivity index (χ3n) is 1.41. The largest absolute Gasteiger partial charge is 0.316 e. The maximum absolute atomic E-state index is 12.3. The Morgan fingerprint density at radius 2 is 2.15 bits per heavy atom. The summed E-state index contributed by atoms with van der Waals surface area (Å²) in [6.07, 6.45) is -2.58. The van der Waals surface area contributed by atoms with Crippen LogP contribution < -0.4 is 5.56 Å². The molecule has 0 aliphatic rings. The summed E-state index contributed by atoms with van der Waals surface area (Å²) in [5, 5.41) is 0. The van der Waals surface area contributed by atoms with Crippen molar-refractivity contribution in [2.75, 3.05) is 0 Å². The van der Waals surface area contributed by atoms with Crippen LogP contribution in [0.5, 0.6) is 0 Å². The fourth-order valence-corrected chi connectivity index (χ4v) is 1.47. The van der Waals surface area contributed by atoms with Crippen molar-refractivity contribution in [2.24, 2.45) is 0 Å². The Kier molecular flexibility index (Phi) is 2.92. The van der Waals surface area contributed by atoms with Gasteiger partial charge in [0.1, 0.15) is 0 Å². The highest BCUT2D eigenvalue weighted by molar-refractivity contribution is 9.10.